The fourth-order valence-corrected chi connectivity index (χ4v) is 3.16. The number of hydrogen-bond acceptors (Lipinski definition) is 4. The standard InChI is InChI=1S/C21H20FN3O3/c1-25-9-8-23-20(25)19(14-4-2-5-16(22)12-14)24-21(26)15-6-7-17-18(13-15)28-11-3-10-27-17/h2,4-9,12-13,19H,3,10-11H2,1H3,(H,24,26)/t19-/m0/s1. The molecule has 0 fully saturated rings. The number of imidazole rings is 1. The van der Waals surface area contributed by atoms with Crippen molar-refractivity contribution in [3.05, 3.63) is 77.6 Å². The average Bonchev–Trinajstić information content (AvgIpc) is 2.98. The Labute approximate surface area is 161 Å². The van der Waals surface area contributed by atoms with Crippen LogP contribution in [0.3, 0.4) is 0 Å². The summed E-state index contributed by atoms with van der Waals surface area (Å²) in [5, 5.41) is 2.96. The van der Waals surface area contributed by atoms with Gasteiger partial charge in [0.2, 0.25) is 0 Å². The average molecular weight is 381 g/mol. The number of aryl methyl sites for hydroxylation is 1. The molecule has 1 aliphatic heterocycles. The molecule has 3 aromatic rings. The minimum Gasteiger partial charge on any atom is -0.490 e. The molecule has 0 saturated carbocycles. The second-order valence-electron chi connectivity index (χ2n) is 6.57. The normalized spacial score (nSPS) is 14.2. The molecule has 7 heteroatoms. The SMILES string of the molecule is Cn1ccnc1[C@@H](NC(=O)c1ccc2c(c1)OCCCO2)c1cccc(F)c1. The van der Waals surface area contributed by atoms with E-state index in [0.717, 1.165) is 6.42 Å². The monoisotopic (exact) mass is 381 g/mol. The Morgan fingerprint density at radius 2 is 2.00 bits per heavy atom. The first kappa shape index (κ1) is 18.0. The molecule has 1 aliphatic rings. The maximum atomic E-state index is 13.8. The summed E-state index contributed by atoms with van der Waals surface area (Å²) >= 11 is 0. The van der Waals surface area contributed by atoms with Crippen LogP contribution in [0, 0.1) is 5.82 Å². The zero-order valence-electron chi connectivity index (χ0n) is 15.4. The van der Waals surface area contributed by atoms with Gasteiger partial charge in [0, 0.05) is 31.4 Å². The van der Waals surface area contributed by atoms with Crippen LogP contribution in [-0.2, 0) is 7.05 Å². The van der Waals surface area contributed by atoms with Crippen LogP contribution in [0.25, 0.3) is 0 Å². The molecule has 0 spiro atoms. The van der Waals surface area contributed by atoms with Gasteiger partial charge in [-0.3, -0.25) is 4.79 Å². The second-order valence-corrected chi connectivity index (χ2v) is 6.57. The molecule has 0 saturated heterocycles. The van der Waals surface area contributed by atoms with Gasteiger partial charge in [0.1, 0.15) is 17.7 Å². The Kier molecular flexibility index (Phi) is 4.97. The maximum Gasteiger partial charge on any atom is 0.252 e. The van der Waals surface area contributed by atoms with Crippen molar-refractivity contribution in [3.63, 3.8) is 0 Å². The number of amides is 1. The summed E-state index contributed by atoms with van der Waals surface area (Å²) in [4.78, 5) is 17.3. The Morgan fingerprint density at radius 3 is 2.75 bits per heavy atom. The molecule has 6 nitrogen and oxygen atoms in total. The predicted octanol–water partition coefficient (Wildman–Crippen LogP) is 3.24. The zero-order chi connectivity index (χ0) is 19.5. The number of carbonyl (C=O) groups excluding carboxylic acids is 1. The fraction of sp³-hybridized carbons (Fsp3) is 0.238. The molecular formula is C21H20FN3O3. The van der Waals surface area contributed by atoms with E-state index in [9.17, 15) is 9.18 Å². The van der Waals surface area contributed by atoms with Crippen molar-refractivity contribution >= 4 is 5.91 Å². The molecule has 4 rings (SSSR count). The third-order valence-corrected chi connectivity index (χ3v) is 4.58. The van der Waals surface area contributed by atoms with Crippen LogP contribution in [0.1, 0.15) is 34.2 Å². The number of carbonyl (C=O) groups is 1. The van der Waals surface area contributed by atoms with Crippen LogP contribution < -0.4 is 14.8 Å². The highest BCUT2D eigenvalue weighted by Gasteiger charge is 2.23. The summed E-state index contributed by atoms with van der Waals surface area (Å²) in [6.45, 7) is 1.12. The van der Waals surface area contributed by atoms with Crippen molar-refractivity contribution in [2.24, 2.45) is 7.05 Å². The lowest BCUT2D eigenvalue weighted by atomic mass is 10.0. The number of halogens is 1. The molecule has 0 aliphatic carbocycles. The number of nitrogens with one attached hydrogen (secondary N) is 1. The molecular weight excluding hydrogens is 361 g/mol. The highest BCUT2D eigenvalue weighted by molar-refractivity contribution is 5.95. The van der Waals surface area contributed by atoms with Crippen LogP contribution >= 0.6 is 0 Å². The predicted molar refractivity (Wildman–Crippen MR) is 101 cm³/mol. The molecule has 2 aromatic carbocycles. The first-order valence-electron chi connectivity index (χ1n) is 9.05. The Balaban J connectivity index is 1.64. The molecule has 1 N–H and O–H groups in total. The van der Waals surface area contributed by atoms with Gasteiger partial charge in [0.05, 0.1) is 13.2 Å². The van der Waals surface area contributed by atoms with Crippen LogP contribution in [-0.4, -0.2) is 28.7 Å². The van der Waals surface area contributed by atoms with Gasteiger partial charge in [-0.1, -0.05) is 12.1 Å². The number of nitrogens with zero attached hydrogens (tertiary/aromatic N) is 2. The summed E-state index contributed by atoms with van der Waals surface area (Å²) in [6, 6.07) is 10.6. The van der Waals surface area contributed by atoms with E-state index in [-0.39, 0.29) is 11.7 Å². The van der Waals surface area contributed by atoms with Gasteiger partial charge in [-0.15, -0.1) is 0 Å². The van der Waals surface area contributed by atoms with E-state index >= 15 is 0 Å². The summed E-state index contributed by atoms with van der Waals surface area (Å²) in [6.07, 6.45) is 4.21. The van der Waals surface area contributed by atoms with Crippen molar-refractivity contribution in [2.75, 3.05) is 13.2 Å². The molecule has 1 atom stereocenters. The topological polar surface area (TPSA) is 65.4 Å². The molecule has 144 valence electrons. The Morgan fingerprint density at radius 1 is 1.18 bits per heavy atom. The van der Waals surface area contributed by atoms with E-state index in [1.54, 1.807) is 47.3 Å². The highest BCUT2D eigenvalue weighted by atomic mass is 19.1. The van der Waals surface area contributed by atoms with Gasteiger partial charge in [-0.25, -0.2) is 9.37 Å². The summed E-state index contributed by atoms with van der Waals surface area (Å²) in [7, 11) is 1.83. The van der Waals surface area contributed by atoms with Gasteiger partial charge < -0.3 is 19.4 Å². The molecule has 0 unspecified atom stereocenters. The first-order valence-corrected chi connectivity index (χ1v) is 9.05. The first-order chi connectivity index (χ1) is 13.6. The maximum absolute atomic E-state index is 13.8. The fourth-order valence-electron chi connectivity index (χ4n) is 3.16. The van der Waals surface area contributed by atoms with Crippen molar-refractivity contribution in [3.8, 4) is 11.5 Å². The van der Waals surface area contributed by atoms with E-state index in [0.29, 0.717) is 41.7 Å². The number of benzene rings is 2. The zero-order valence-corrected chi connectivity index (χ0v) is 15.4. The third-order valence-electron chi connectivity index (χ3n) is 4.58. The molecule has 0 radical (unpaired) electrons. The van der Waals surface area contributed by atoms with Crippen molar-refractivity contribution in [1.82, 2.24) is 14.9 Å². The Bertz CT molecular complexity index is 1000. The van der Waals surface area contributed by atoms with Crippen molar-refractivity contribution in [2.45, 2.75) is 12.5 Å². The van der Waals surface area contributed by atoms with E-state index in [1.807, 2.05) is 7.05 Å². The van der Waals surface area contributed by atoms with Crippen molar-refractivity contribution < 1.29 is 18.7 Å². The lowest BCUT2D eigenvalue weighted by molar-refractivity contribution is 0.0940. The number of aromatic nitrogens is 2. The van der Waals surface area contributed by atoms with E-state index in [2.05, 4.69) is 10.3 Å². The molecule has 1 aromatic heterocycles. The van der Waals surface area contributed by atoms with E-state index < -0.39 is 6.04 Å². The van der Waals surface area contributed by atoms with Crippen LogP contribution in [0.2, 0.25) is 0 Å². The molecule has 0 bridgehead atoms. The largest absolute Gasteiger partial charge is 0.490 e. The van der Waals surface area contributed by atoms with Crippen molar-refractivity contribution in [1.29, 1.82) is 0 Å². The quantitative estimate of drug-likeness (QED) is 0.754. The third kappa shape index (κ3) is 3.69. The number of ether oxygens (including phenoxy) is 2. The van der Waals surface area contributed by atoms with Crippen LogP contribution in [0.15, 0.2) is 54.9 Å². The second kappa shape index (κ2) is 7.72. The lowest BCUT2D eigenvalue weighted by Crippen LogP contribution is -2.31. The molecule has 28 heavy (non-hydrogen) atoms. The molecule has 2 heterocycles. The summed E-state index contributed by atoms with van der Waals surface area (Å²) < 4.78 is 26.9. The van der Waals surface area contributed by atoms with Gasteiger partial charge in [0.15, 0.2) is 11.5 Å². The Hall–Kier alpha value is -3.35. The molecule has 1 amide bonds. The van der Waals surface area contributed by atoms with Gasteiger partial charge in [-0.05, 0) is 35.9 Å². The lowest BCUT2D eigenvalue weighted by Gasteiger charge is -2.19. The van der Waals surface area contributed by atoms with Crippen LogP contribution in [0.4, 0.5) is 4.39 Å². The van der Waals surface area contributed by atoms with Gasteiger partial charge in [0.25, 0.3) is 5.91 Å². The minimum atomic E-state index is -0.598. The van der Waals surface area contributed by atoms with E-state index in [1.165, 1.54) is 12.1 Å². The number of hydrogen-bond donors (Lipinski definition) is 1. The highest BCUT2D eigenvalue weighted by Crippen LogP contribution is 2.31. The summed E-state index contributed by atoms with van der Waals surface area (Å²) in [5.74, 6) is 1.09. The summed E-state index contributed by atoms with van der Waals surface area (Å²) in [5.41, 5.74) is 1.04. The minimum absolute atomic E-state index is 0.312. The smallest absolute Gasteiger partial charge is 0.252 e. The van der Waals surface area contributed by atoms with Crippen LogP contribution in [0.5, 0.6) is 11.5 Å². The van der Waals surface area contributed by atoms with E-state index in [4.69, 9.17) is 9.47 Å². The van der Waals surface area contributed by atoms with Gasteiger partial charge in [-0.2, -0.15) is 0 Å². The number of rotatable bonds is 4. The number of fused-ring (bicyclic) bond motifs is 1. The van der Waals surface area contributed by atoms with Gasteiger partial charge >= 0.3 is 0 Å².